The molecule has 6 heteroatoms. The van der Waals surface area contributed by atoms with Gasteiger partial charge in [-0.3, -0.25) is 9.59 Å². The molecule has 1 aliphatic carbocycles. The predicted molar refractivity (Wildman–Crippen MR) is 103 cm³/mol. The lowest BCUT2D eigenvalue weighted by Gasteiger charge is -2.54. The standard InChI is InChI=1S/C22H26FNO4/c1-5-6-15-7-13(2)19(18(8-15)28-4)20-16(25)9-22(10-17(20)26)11-24(12-22)21(27)14(3)23/h7-8,14,16,20,25H,9-12H2,1-4H3. The summed E-state index contributed by atoms with van der Waals surface area (Å²) in [5, 5.41) is 10.9. The van der Waals surface area contributed by atoms with Gasteiger partial charge in [-0.15, -0.1) is 5.92 Å². The van der Waals surface area contributed by atoms with Gasteiger partial charge in [-0.05, 0) is 44.9 Å². The number of aryl methyl sites for hydroxylation is 1. The van der Waals surface area contributed by atoms with Crippen molar-refractivity contribution in [3.63, 3.8) is 0 Å². The van der Waals surface area contributed by atoms with E-state index in [0.29, 0.717) is 30.8 Å². The van der Waals surface area contributed by atoms with Gasteiger partial charge in [0.25, 0.3) is 5.91 Å². The van der Waals surface area contributed by atoms with E-state index in [1.165, 1.54) is 18.9 Å². The number of halogens is 1. The van der Waals surface area contributed by atoms with Crippen molar-refractivity contribution in [1.29, 1.82) is 0 Å². The van der Waals surface area contributed by atoms with Gasteiger partial charge in [-0.1, -0.05) is 5.92 Å². The zero-order valence-electron chi connectivity index (χ0n) is 16.7. The van der Waals surface area contributed by atoms with Crippen LogP contribution in [0.25, 0.3) is 0 Å². The number of rotatable bonds is 3. The van der Waals surface area contributed by atoms with Crippen LogP contribution in [-0.2, 0) is 9.59 Å². The van der Waals surface area contributed by atoms with Crippen LogP contribution >= 0.6 is 0 Å². The number of ether oxygens (including phenoxy) is 1. The molecule has 1 aromatic carbocycles. The summed E-state index contributed by atoms with van der Waals surface area (Å²) in [4.78, 5) is 26.2. The van der Waals surface area contributed by atoms with Gasteiger partial charge >= 0.3 is 0 Å². The van der Waals surface area contributed by atoms with E-state index in [4.69, 9.17) is 4.74 Å². The topological polar surface area (TPSA) is 66.8 Å². The molecule has 1 spiro atoms. The second-order valence-electron chi connectivity index (χ2n) is 7.99. The normalized spacial score (nSPS) is 24.2. The second kappa shape index (κ2) is 7.56. The summed E-state index contributed by atoms with van der Waals surface area (Å²) in [5.74, 6) is 5.07. The molecule has 3 unspecified atom stereocenters. The third-order valence-corrected chi connectivity index (χ3v) is 5.78. The molecule has 1 aliphatic heterocycles. The number of nitrogens with zero attached hydrogens (tertiary/aromatic N) is 1. The average Bonchev–Trinajstić information content (AvgIpc) is 2.59. The monoisotopic (exact) mass is 387 g/mol. The van der Waals surface area contributed by atoms with Gasteiger partial charge < -0.3 is 14.7 Å². The van der Waals surface area contributed by atoms with E-state index in [9.17, 15) is 19.1 Å². The summed E-state index contributed by atoms with van der Waals surface area (Å²) in [6, 6.07) is 3.68. The maximum Gasteiger partial charge on any atom is 0.256 e. The molecular formula is C22H26FNO4. The van der Waals surface area contributed by atoms with Gasteiger partial charge in [0, 0.05) is 36.1 Å². The van der Waals surface area contributed by atoms with Crippen LogP contribution in [0.2, 0.25) is 0 Å². The van der Waals surface area contributed by atoms with Gasteiger partial charge in [-0.25, -0.2) is 4.39 Å². The first kappa shape index (κ1) is 20.3. The Hall–Kier alpha value is -2.39. The Kier molecular flexibility index (Phi) is 5.49. The number of aliphatic hydroxyl groups is 1. The number of aliphatic hydroxyl groups excluding tert-OH is 1. The van der Waals surface area contributed by atoms with Gasteiger partial charge in [0.1, 0.15) is 11.5 Å². The average molecular weight is 387 g/mol. The number of ketones is 1. The lowest BCUT2D eigenvalue weighted by atomic mass is 9.62. The first-order chi connectivity index (χ1) is 13.2. The molecule has 2 aliphatic rings. The summed E-state index contributed by atoms with van der Waals surface area (Å²) >= 11 is 0. The minimum Gasteiger partial charge on any atom is -0.496 e. The SMILES string of the molecule is CC#Cc1cc(C)c(C2C(=O)CC3(CC2O)CN(C(=O)C(C)F)C3)c(OC)c1. The van der Waals surface area contributed by atoms with Crippen LogP contribution in [0.3, 0.4) is 0 Å². The summed E-state index contributed by atoms with van der Waals surface area (Å²) < 4.78 is 18.7. The third-order valence-electron chi connectivity index (χ3n) is 5.78. The van der Waals surface area contributed by atoms with E-state index in [2.05, 4.69) is 11.8 Å². The molecule has 0 radical (unpaired) electrons. The van der Waals surface area contributed by atoms with Crippen molar-refractivity contribution in [1.82, 2.24) is 4.90 Å². The van der Waals surface area contributed by atoms with Crippen molar-refractivity contribution in [3.8, 4) is 17.6 Å². The highest BCUT2D eigenvalue weighted by molar-refractivity contribution is 5.90. The van der Waals surface area contributed by atoms with E-state index in [1.807, 2.05) is 13.0 Å². The lowest BCUT2D eigenvalue weighted by Crippen LogP contribution is -2.63. The van der Waals surface area contributed by atoms with Crippen LogP contribution in [0, 0.1) is 24.2 Å². The quantitative estimate of drug-likeness (QED) is 0.809. The Morgan fingerprint density at radius 2 is 2.11 bits per heavy atom. The van der Waals surface area contributed by atoms with Crippen molar-refractivity contribution in [3.05, 3.63) is 28.8 Å². The zero-order valence-corrected chi connectivity index (χ0v) is 16.7. The number of methoxy groups -OCH3 is 1. The largest absolute Gasteiger partial charge is 0.496 e. The van der Waals surface area contributed by atoms with Gasteiger partial charge in [0.15, 0.2) is 6.17 Å². The smallest absolute Gasteiger partial charge is 0.256 e. The van der Waals surface area contributed by atoms with Gasteiger partial charge in [0.05, 0.1) is 19.1 Å². The fourth-order valence-corrected chi connectivity index (χ4v) is 4.64. The number of Topliss-reactive ketones (excluding diaryl/α,β-unsaturated/α-hetero) is 1. The van der Waals surface area contributed by atoms with Gasteiger partial charge in [-0.2, -0.15) is 0 Å². The number of carbonyl (C=O) groups is 2. The number of alkyl halides is 1. The first-order valence-corrected chi connectivity index (χ1v) is 9.46. The highest BCUT2D eigenvalue weighted by Crippen LogP contribution is 2.49. The fourth-order valence-electron chi connectivity index (χ4n) is 4.64. The van der Waals surface area contributed by atoms with E-state index < -0.39 is 29.5 Å². The number of hydrogen-bond acceptors (Lipinski definition) is 4. The molecule has 3 atom stereocenters. The van der Waals surface area contributed by atoms with Gasteiger partial charge in [0.2, 0.25) is 0 Å². The number of likely N-dealkylation sites (tertiary alicyclic amines) is 1. The minimum absolute atomic E-state index is 0.0742. The Bertz CT molecular complexity index is 861. The van der Waals surface area contributed by atoms with Crippen LogP contribution in [-0.4, -0.2) is 54.2 Å². The molecule has 1 amide bonds. The molecule has 5 nitrogen and oxygen atoms in total. The number of hydrogen-bond donors (Lipinski definition) is 1. The molecule has 0 bridgehead atoms. The molecule has 1 saturated carbocycles. The second-order valence-corrected chi connectivity index (χ2v) is 7.99. The molecule has 2 fully saturated rings. The molecule has 150 valence electrons. The Labute approximate surface area is 164 Å². The molecule has 1 heterocycles. The first-order valence-electron chi connectivity index (χ1n) is 9.46. The van der Waals surface area contributed by atoms with Crippen molar-refractivity contribution in [2.75, 3.05) is 20.2 Å². The van der Waals surface area contributed by atoms with Crippen LogP contribution < -0.4 is 4.74 Å². The van der Waals surface area contributed by atoms with Crippen LogP contribution in [0.1, 0.15) is 49.3 Å². The van der Waals surface area contributed by atoms with Crippen LogP contribution in [0.4, 0.5) is 4.39 Å². The van der Waals surface area contributed by atoms with Crippen molar-refractivity contribution in [2.24, 2.45) is 5.41 Å². The number of benzene rings is 1. The van der Waals surface area contributed by atoms with E-state index in [-0.39, 0.29) is 12.2 Å². The lowest BCUT2D eigenvalue weighted by molar-refractivity contribution is -0.159. The van der Waals surface area contributed by atoms with Crippen molar-refractivity contribution < 1.29 is 23.8 Å². The molecule has 1 aromatic rings. The summed E-state index contributed by atoms with van der Waals surface area (Å²) in [5.41, 5.74) is 1.89. The van der Waals surface area contributed by atoms with E-state index in [0.717, 1.165) is 11.1 Å². The molecule has 1 N–H and O–H groups in total. The molecule has 1 saturated heterocycles. The van der Waals surface area contributed by atoms with Crippen molar-refractivity contribution in [2.45, 2.75) is 51.8 Å². The third kappa shape index (κ3) is 3.51. The summed E-state index contributed by atoms with van der Waals surface area (Å²) in [6.45, 7) is 5.48. The maximum absolute atomic E-state index is 13.2. The molecule has 3 rings (SSSR count). The number of carbonyl (C=O) groups excluding carboxylic acids is 2. The predicted octanol–water partition coefficient (Wildman–Crippen LogP) is 2.37. The van der Waals surface area contributed by atoms with Crippen molar-refractivity contribution >= 4 is 11.7 Å². The maximum atomic E-state index is 13.2. The Morgan fingerprint density at radius 1 is 1.43 bits per heavy atom. The minimum atomic E-state index is -1.55. The van der Waals surface area contributed by atoms with Crippen LogP contribution in [0.15, 0.2) is 12.1 Å². The Balaban J connectivity index is 1.84. The van der Waals surface area contributed by atoms with E-state index in [1.54, 1.807) is 13.0 Å². The highest BCUT2D eigenvalue weighted by Gasteiger charge is 2.54. The number of amides is 1. The highest BCUT2D eigenvalue weighted by atomic mass is 19.1. The van der Waals surface area contributed by atoms with Crippen LogP contribution in [0.5, 0.6) is 5.75 Å². The Morgan fingerprint density at radius 3 is 2.64 bits per heavy atom. The summed E-state index contributed by atoms with van der Waals surface area (Å²) in [7, 11) is 1.54. The molecule has 0 aromatic heterocycles. The molecule has 28 heavy (non-hydrogen) atoms. The summed E-state index contributed by atoms with van der Waals surface area (Å²) in [6.07, 6.45) is -1.77. The zero-order chi connectivity index (χ0) is 20.6. The fraction of sp³-hybridized carbons (Fsp3) is 0.545. The molecular weight excluding hydrogens is 361 g/mol. The van der Waals surface area contributed by atoms with E-state index >= 15 is 0 Å².